The van der Waals surface area contributed by atoms with Gasteiger partial charge in [-0.25, -0.2) is 3.63 Å². The molecule has 0 saturated carbocycles. The highest BCUT2D eigenvalue weighted by atomic mass is 32.2. The van der Waals surface area contributed by atoms with Gasteiger partial charge in [-0.1, -0.05) is 66.7 Å². The van der Waals surface area contributed by atoms with Crippen LogP contribution in [0.4, 0.5) is 0 Å². The minimum atomic E-state index is -0.933. The number of ether oxygens (including phenoxy) is 1. The summed E-state index contributed by atoms with van der Waals surface area (Å²) < 4.78 is 11.1. The van der Waals surface area contributed by atoms with Crippen molar-refractivity contribution in [1.29, 1.82) is 0 Å². The third-order valence-corrected chi connectivity index (χ3v) is 7.42. The molecule has 1 aliphatic heterocycles. The van der Waals surface area contributed by atoms with E-state index in [2.05, 4.69) is 24.3 Å². The third kappa shape index (κ3) is 7.52. The number of phenols is 4. The second kappa shape index (κ2) is 13.3. The highest BCUT2D eigenvalue weighted by molar-refractivity contribution is 8.07. The summed E-state index contributed by atoms with van der Waals surface area (Å²) >= 11 is 2.98. The molecule has 4 aromatic rings. The number of phenolic OH excluding ortho intramolecular Hbond substituents is 4. The van der Waals surface area contributed by atoms with Gasteiger partial charge in [0.2, 0.25) is 0 Å². The largest absolute Gasteiger partial charge is 0.508 e. The van der Waals surface area contributed by atoms with E-state index in [1.807, 2.05) is 36.4 Å². The summed E-state index contributed by atoms with van der Waals surface area (Å²) in [6.07, 6.45) is -1.56. The van der Waals surface area contributed by atoms with Crippen molar-refractivity contribution in [2.24, 2.45) is 0 Å². The maximum atomic E-state index is 10.2. The average molecular weight is 553 g/mol. The van der Waals surface area contributed by atoms with Crippen LogP contribution in [0.15, 0.2) is 91.0 Å². The molecule has 9 heteroatoms. The lowest BCUT2D eigenvalue weighted by Gasteiger charge is -2.31. The molecule has 0 aliphatic carbocycles. The lowest BCUT2D eigenvalue weighted by atomic mass is 9.94. The van der Waals surface area contributed by atoms with Crippen molar-refractivity contribution in [2.45, 2.75) is 30.1 Å². The van der Waals surface area contributed by atoms with Gasteiger partial charge >= 0.3 is 0 Å². The maximum Gasteiger partial charge on any atom is 0.157 e. The van der Waals surface area contributed by atoms with Gasteiger partial charge in [0.05, 0.1) is 6.10 Å². The Morgan fingerprint density at radius 2 is 1.32 bits per heavy atom. The molecule has 5 rings (SSSR count). The summed E-state index contributed by atoms with van der Waals surface area (Å²) in [4.78, 5) is 0. The van der Waals surface area contributed by atoms with Crippen molar-refractivity contribution in [2.75, 3.05) is 0 Å². The molecule has 0 fully saturated rings. The normalized spacial score (nSPS) is 16.0. The molecule has 0 bridgehead atoms. The zero-order valence-electron chi connectivity index (χ0n) is 20.3. The van der Waals surface area contributed by atoms with Crippen LogP contribution in [0.25, 0.3) is 0 Å². The van der Waals surface area contributed by atoms with E-state index in [1.54, 1.807) is 0 Å². The van der Waals surface area contributed by atoms with E-state index in [9.17, 15) is 25.5 Å². The smallest absolute Gasteiger partial charge is 0.157 e. The molecule has 0 amide bonds. The summed E-state index contributed by atoms with van der Waals surface area (Å²) in [6.45, 7) is 0. The van der Waals surface area contributed by atoms with Crippen molar-refractivity contribution in [3.05, 3.63) is 113 Å². The van der Waals surface area contributed by atoms with Crippen LogP contribution in [-0.4, -0.2) is 31.6 Å². The number of benzene rings is 4. The van der Waals surface area contributed by atoms with Crippen LogP contribution in [0.2, 0.25) is 0 Å². The van der Waals surface area contributed by atoms with E-state index >= 15 is 0 Å². The summed E-state index contributed by atoms with van der Waals surface area (Å²) in [6, 6.07) is 27.4. The van der Waals surface area contributed by atoms with Crippen LogP contribution in [-0.2, 0) is 21.6 Å². The maximum absolute atomic E-state index is 10.2. The van der Waals surface area contributed by atoms with E-state index in [-0.39, 0.29) is 35.2 Å². The number of hydrogen-bond acceptors (Lipinski definition) is 9. The van der Waals surface area contributed by atoms with Crippen LogP contribution < -0.4 is 4.74 Å². The summed E-state index contributed by atoms with van der Waals surface area (Å²) in [5.74, 6) is 1.19. The van der Waals surface area contributed by atoms with Gasteiger partial charge in [0, 0.05) is 59.7 Å². The van der Waals surface area contributed by atoms with Gasteiger partial charge < -0.3 is 30.3 Å². The third-order valence-electron chi connectivity index (χ3n) is 5.75. The molecule has 38 heavy (non-hydrogen) atoms. The molecule has 0 saturated heterocycles. The molecule has 0 aromatic heterocycles. The van der Waals surface area contributed by atoms with E-state index < -0.39 is 12.2 Å². The molecule has 2 unspecified atom stereocenters. The average Bonchev–Trinajstić information content (AvgIpc) is 2.92. The van der Waals surface area contributed by atoms with Crippen LogP contribution in [0.1, 0.15) is 28.4 Å². The fourth-order valence-corrected chi connectivity index (χ4v) is 5.15. The van der Waals surface area contributed by atoms with E-state index in [0.717, 1.165) is 11.5 Å². The molecule has 5 N–H and O–H groups in total. The monoisotopic (exact) mass is 552 g/mol. The van der Waals surface area contributed by atoms with Crippen molar-refractivity contribution in [1.82, 2.24) is 0 Å². The van der Waals surface area contributed by atoms with Gasteiger partial charge in [-0.2, -0.15) is 0 Å². The minimum absolute atomic E-state index is 0.143. The molecular formula is C29H28O7S2. The number of aliphatic hydroxyl groups is 1. The summed E-state index contributed by atoms with van der Waals surface area (Å²) in [5.41, 5.74) is 3.47. The highest BCUT2D eigenvalue weighted by Gasteiger charge is 2.32. The van der Waals surface area contributed by atoms with Gasteiger partial charge in [0.25, 0.3) is 0 Å². The van der Waals surface area contributed by atoms with Gasteiger partial charge in [-0.05, 0) is 28.8 Å². The standard InChI is InChI=1S/C15H14O6.C14H14OS2/c16-8-4-11(18)9-6-13(20)15(21-14(9)5-8)7-1-2-10(17)12(19)3-7;1-3-7-13(8-4-1)11-16-15-17-12-14-9-5-2-6-10-14/h1-5,13,15-20H,6H2;1-10H,11-12H2. The Morgan fingerprint density at radius 1 is 0.711 bits per heavy atom. The Bertz CT molecular complexity index is 1280. The molecule has 0 radical (unpaired) electrons. The molecule has 198 valence electrons. The predicted molar refractivity (Wildman–Crippen MR) is 149 cm³/mol. The quantitative estimate of drug-likeness (QED) is 0.103. The molecular weight excluding hydrogens is 524 g/mol. The topological polar surface area (TPSA) is 120 Å². The molecule has 1 heterocycles. The Morgan fingerprint density at radius 3 is 1.89 bits per heavy atom. The van der Waals surface area contributed by atoms with Crippen molar-refractivity contribution >= 4 is 24.1 Å². The SMILES string of the molecule is Oc1cc(O)c2c(c1)OC(c1ccc(O)c(O)c1)C(O)C2.c1ccc(CSOSCc2ccccc2)cc1. The van der Waals surface area contributed by atoms with Gasteiger partial charge in [0.1, 0.15) is 23.4 Å². The number of rotatable bonds is 7. The van der Waals surface area contributed by atoms with Crippen LogP contribution >= 0.6 is 24.1 Å². The summed E-state index contributed by atoms with van der Waals surface area (Å²) in [7, 11) is 0. The van der Waals surface area contributed by atoms with Crippen molar-refractivity contribution < 1.29 is 33.9 Å². The number of fused-ring (bicyclic) bond motifs is 1. The molecule has 2 atom stereocenters. The summed E-state index contributed by atoms with van der Waals surface area (Å²) in [5, 5.41) is 48.3. The second-order valence-electron chi connectivity index (χ2n) is 8.56. The van der Waals surface area contributed by atoms with Crippen LogP contribution in [0.5, 0.6) is 28.7 Å². The number of hydrogen-bond donors (Lipinski definition) is 5. The lowest BCUT2D eigenvalue weighted by Crippen LogP contribution is -2.30. The molecule has 4 aromatic carbocycles. The lowest BCUT2D eigenvalue weighted by molar-refractivity contribution is 0.0197. The van der Waals surface area contributed by atoms with E-state index in [0.29, 0.717) is 11.1 Å². The first-order valence-electron chi connectivity index (χ1n) is 11.8. The van der Waals surface area contributed by atoms with Gasteiger partial charge in [-0.3, -0.25) is 0 Å². The van der Waals surface area contributed by atoms with Crippen molar-refractivity contribution in [3.8, 4) is 28.7 Å². The molecule has 7 nitrogen and oxygen atoms in total. The highest BCUT2D eigenvalue weighted by Crippen LogP contribution is 2.42. The van der Waals surface area contributed by atoms with E-state index in [4.69, 9.17) is 8.37 Å². The zero-order valence-corrected chi connectivity index (χ0v) is 21.9. The first-order valence-corrected chi connectivity index (χ1v) is 13.6. The van der Waals surface area contributed by atoms with Crippen molar-refractivity contribution in [3.63, 3.8) is 0 Å². The Balaban J connectivity index is 0.000000181. The molecule has 1 aliphatic rings. The molecule has 0 spiro atoms. The first-order chi connectivity index (χ1) is 18.4. The fraction of sp³-hybridized carbons (Fsp3) is 0.172. The number of aliphatic hydroxyl groups excluding tert-OH is 1. The van der Waals surface area contributed by atoms with E-state index in [1.165, 1.54) is 65.5 Å². The van der Waals surface area contributed by atoms with Gasteiger partial charge in [-0.15, -0.1) is 0 Å². The zero-order chi connectivity index (χ0) is 26.9. The Kier molecular flexibility index (Phi) is 9.67. The van der Waals surface area contributed by atoms with Crippen LogP contribution in [0, 0.1) is 0 Å². The number of aromatic hydroxyl groups is 4. The van der Waals surface area contributed by atoms with Crippen LogP contribution in [0.3, 0.4) is 0 Å². The fourth-order valence-electron chi connectivity index (χ4n) is 3.83. The first kappa shape index (κ1) is 27.5. The second-order valence-corrected chi connectivity index (χ2v) is 10.2. The minimum Gasteiger partial charge on any atom is -0.508 e. The predicted octanol–water partition coefficient (Wildman–Crippen LogP) is 6.25. The Labute approximate surface area is 229 Å². The Hall–Kier alpha value is -3.50. The van der Waals surface area contributed by atoms with Gasteiger partial charge in [0.15, 0.2) is 11.5 Å².